The van der Waals surface area contributed by atoms with Gasteiger partial charge in [0.25, 0.3) is 0 Å². The van der Waals surface area contributed by atoms with Crippen molar-refractivity contribution in [2.24, 2.45) is 28.2 Å². The molecule has 13 nitrogen and oxygen atoms in total. The van der Waals surface area contributed by atoms with Gasteiger partial charge in [0.15, 0.2) is 77.4 Å². The van der Waals surface area contributed by atoms with Crippen molar-refractivity contribution in [3.63, 3.8) is 0 Å². The predicted octanol–water partition coefficient (Wildman–Crippen LogP) is 21.2. The van der Waals surface area contributed by atoms with Gasteiger partial charge in [-0.05, 0) is 199 Å². The predicted molar refractivity (Wildman–Crippen MR) is 479 cm³/mol. The molecule has 594 valence electrons. The molecule has 0 radical (unpaired) electrons. The Morgan fingerprint density at radius 3 is 0.991 bits per heavy atom. The zero-order valence-electron chi connectivity index (χ0n) is 74.1. The first-order valence-electron chi connectivity index (χ1n) is 41.5. The van der Waals surface area contributed by atoms with Gasteiger partial charge in [0.2, 0.25) is 44.8 Å². The molecule has 0 aliphatic heterocycles. The topological polar surface area (TPSA) is 55.1 Å². The van der Waals surface area contributed by atoms with E-state index in [4.69, 9.17) is 6.57 Å². The fourth-order valence-electron chi connectivity index (χ4n) is 17.6. The maximum atomic E-state index is 7.68. The molecule has 0 atom stereocenters. The third-order valence-corrected chi connectivity index (χ3v) is 23.8. The number of para-hydroxylation sites is 4. The van der Waals surface area contributed by atoms with E-state index in [-0.39, 0.29) is 5.41 Å². The van der Waals surface area contributed by atoms with Crippen LogP contribution in [0.25, 0.3) is 116 Å². The van der Waals surface area contributed by atoms with Crippen LogP contribution in [0.2, 0.25) is 0 Å². The van der Waals surface area contributed by atoms with Crippen LogP contribution >= 0.6 is 0 Å². The van der Waals surface area contributed by atoms with Crippen molar-refractivity contribution in [3.05, 3.63) is 316 Å². The molecule has 0 amide bonds. The van der Waals surface area contributed by atoms with Crippen LogP contribution in [0.3, 0.4) is 0 Å². The molecule has 0 saturated carbocycles. The Hall–Kier alpha value is -12.3. The van der Waals surface area contributed by atoms with Gasteiger partial charge in [0.05, 0.1) is 34.8 Å². The first-order valence-corrected chi connectivity index (χ1v) is 41.5. The molecule has 0 unspecified atom stereocenters. The number of aryl methyl sites for hydroxylation is 7. The molecule has 0 aliphatic carbocycles. The number of benzene rings is 8. The number of fused-ring (bicyclic) bond motifs is 4. The Bertz CT molecular complexity index is 6520. The van der Waals surface area contributed by atoms with Crippen LogP contribution in [0.15, 0.2) is 237 Å². The first-order chi connectivity index (χ1) is 55.7. The van der Waals surface area contributed by atoms with Gasteiger partial charge in [-0.3, -0.25) is 0 Å². The molecule has 16 aromatic rings. The van der Waals surface area contributed by atoms with Crippen molar-refractivity contribution in [1.82, 2.24) is 18.7 Å². The lowest BCUT2D eigenvalue weighted by atomic mass is 9.84. The Morgan fingerprint density at radius 2 is 0.632 bits per heavy atom. The highest BCUT2D eigenvalue weighted by Crippen LogP contribution is 2.37. The van der Waals surface area contributed by atoms with Crippen LogP contribution in [-0.2, 0) is 33.6 Å². The lowest BCUT2D eigenvalue weighted by Crippen LogP contribution is -2.43. The second-order valence-electron chi connectivity index (χ2n) is 34.3. The number of hydrogen-bond donors (Lipinski definition) is 0. The maximum Gasteiger partial charge on any atom is 0.218 e. The molecule has 0 aliphatic rings. The molecule has 0 bridgehead atoms. The maximum absolute atomic E-state index is 7.68. The number of pyridine rings is 4. The molecular weight excluding hydrogens is 1430 g/mol. The fraction of sp³-hybridized carbons (Fsp3) is 0.298. The summed E-state index contributed by atoms with van der Waals surface area (Å²) in [5.41, 5.74) is 35.5. The van der Waals surface area contributed by atoms with Crippen LogP contribution < -0.4 is 37.0 Å². The largest absolute Gasteiger partial charge is 0.238 e. The third kappa shape index (κ3) is 15.9. The van der Waals surface area contributed by atoms with Gasteiger partial charge in [-0.25, -0.2) is 4.85 Å². The van der Waals surface area contributed by atoms with E-state index in [2.05, 4.69) is 466 Å². The zero-order chi connectivity index (χ0) is 84.1. The van der Waals surface area contributed by atoms with Gasteiger partial charge >= 0.3 is 0 Å². The minimum absolute atomic E-state index is 0.0510. The smallest absolute Gasteiger partial charge is 0.218 e. The second-order valence-corrected chi connectivity index (χ2v) is 34.3. The Labute approximate surface area is 694 Å². The van der Waals surface area contributed by atoms with Gasteiger partial charge in [-0.1, -0.05) is 69.3 Å². The quantitative estimate of drug-likeness (QED) is 0.0865. The van der Waals surface area contributed by atoms with Crippen LogP contribution in [0.1, 0.15) is 168 Å². The summed E-state index contributed by atoms with van der Waals surface area (Å²) in [4.78, 5) is 3.79. The number of rotatable bonds is 12. The monoisotopic (exact) mass is 1550 g/mol. The highest BCUT2D eigenvalue weighted by atomic mass is 15.4. The summed E-state index contributed by atoms with van der Waals surface area (Å²) < 4.78 is 27.5. The van der Waals surface area contributed by atoms with E-state index in [9.17, 15) is 0 Å². The number of hydrogen-bond acceptors (Lipinski definition) is 0. The van der Waals surface area contributed by atoms with Gasteiger partial charge < -0.3 is 0 Å². The van der Waals surface area contributed by atoms with Crippen LogP contribution in [0.4, 0.5) is 5.69 Å². The minimum atomic E-state index is 0.0510. The Balaban J connectivity index is 0.000000136. The molecule has 8 aromatic carbocycles. The van der Waals surface area contributed by atoms with Crippen molar-refractivity contribution < 1.29 is 37.0 Å². The summed E-state index contributed by atoms with van der Waals surface area (Å²) in [5, 5.41) is 4.96. The van der Waals surface area contributed by atoms with Crippen LogP contribution in [0, 0.1) is 82.7 Å². The SMILES string of the molecule is Cc1c(-c2cc[n+](C(C)C)n2C)cc(C(C)(C)C)cc1-[n+]1c(C)ccc2ccccc21.Cc1cc(-c2cc[n+](C(C)C)n2C)c(C)c(-[n+]2c(C)ccc3ccccc32)c1.Cc1cc(C)c(-[n+]2c(C)ccc3ccccc32)c(C)c1-c1cc[n+](C(C)C)n1C.[C-]#[N+]c1cc(-c2cc[n+](C(C)C)n2C)c(C)c(-[n+]2c(C)ccc3ccccc32)c1. The summed E-state index contributed by atoms with van der Waals surface area (Å²) in [6.45, 7) is 56.5. The molecule has 8 aromatic heterocycles. The average molecular weight is 1550 g/mol. The molecule has 0 spiro atoms. The molecule has 117 heavy (non-hydrogen) atoms. The van der Waals surface area contributed by atoms with Crippen molar-refractivity contribution >= 4 is 49.3 Å². The lowest BCUT2D eigenvalue weighted by molar-refractivity contribution is -0.789. The standard InChI is InChI=1S/C28H35N3.C26H31N3.C25H26N4.C25H29N3/c1-19(2)30-16-15-26(29(30)8)24-17-23(28(5,6)7)18-27(21(24)4)31-20(3)13-14-22-11-9-10-12-25(22)31;1-17(2)28-15-14-24(27(28)7)25-18(3)16-19(4)26(21(25)6)29-20(5)12-13-22-10-8-9-11-23(22)29;1-17(2)28-14-13-24(27(28)6)22-15-21(26-5)16-25(19(22)4)29-18(3)11-12-20-9-7-8-10-23(20)29;1-17(2)27-14-13-24(26(27)6)22-15-18(3)16-25(20(22)5)28-19(4)11-12-21-9-7-8-10-23(21)28/h9-19H,1-8H3;8-17H,1-7H3;7-17H,1-4,6H3;7-17H,1-6H3/q4*+2. The van der Waals surface area contributed by atoms with Gasteiger partial charge in [0, 0.05) is 190 Å². The summed E-state index contributed by atoms with van der Waals surface area (Å²) in [6, 6.07) is 78.1. The van der Waals surface area contributed by atoms with E-state index in [1.165, 1.54) is 151 Å². The average Bonchev–Trinajstić information content (AvgIpc) is 1.70. The molecule has 0 fully saturated rings. The summed E-state index contributed by atoms with van der Waals surface area (Å²) in [5.74, 6) is 0. The lowest BCUT2D eigenvalue weighted by Gasteiger charge is -2.22. The van der Waals surface area contributed by atoms with Crippen molar-refractivity contribution in [2.45, 2.75) is 182 Å². The summed E-state index contributed by atoms with van der Waals surface area (Å²) in [6.07, 6.45) is 8.67. The number of aromatic nitrogens is 12. The van der Waals surface area contributed by atoms with E-state index >= 15 is 0 Å². The third-order valence-electron chi connectivity index (χ3n) is 23.8. The zero-order valence-corrected chi connectivity index (χ0v) is 74.1. The summed E-state index contributed by atoms with van der Waals surface area (Å²) in [7, 11) is 8.54. The number of nitrogens with zero attached hydrogens (tertiary/aromatic N) is 13. The molecule has 16 rings (SSSR count). The Morgan fingerprint density at radius 1 is 0.316 bits per heavy atom. The Kier molecular flexibility index (Phi) is 23.7. The molecular formula is C104H121N13+8. The first kappa shape index (κ1) is 82.7. The van der Waals surface area contributed by atoms with Gasteiger partial charge in [0.1, 0.15) is 22.8 Å². The normalized spacial score (nSPS) is 11.6. The molecule has 8 heterocycles. The molecule has 0 N–H and O–H groups in total. The van der Waals surface area contributed by atoms with E-state index in [1.807, 2.05) is 12.1 Å². The van der Waals surface area contributed by atoms with Crippen molar-refractivity contribution in [1.29, 1.82) is 0 Å². The highest BCUT2D eigenvalue weighted by molar-refractivity contribution is 5.82. The van der Waals surface area contributed by atoms with E-state index in [0.29, 0.717) is 29.9 Å². The van der Waals surface area contributed by atoms with Gasteiger partial charge in [-0.2, -0.15) is 37.0 Å². The fourth-order valence-corrected chi connectivity index (χ4v) is 17.6. The highest BCUT2D eigenvalue weighted by Gasteiger charge is 2.33. The van der Waals surface area contributed by atoms with E-state index in [0.717, 1.165) is 28.2 Å². The van der Waals surface area contributed by atoms with Crippen molar-refractivity contribution in [3.8, 4) is 67.8 Å². The van der Waals surface area contributed by atoms with Gasteiger partial charge in [-0.15, -0.1) is 18.7 Å². The van der Waals surface area contributed by atoms with Crippen LogP contribution in [0.5, 0.6) is 0 Å². The van der Waals surface area contributed by atoms with Crippen molar-refractivity contribution in [2.75, 3.05) is 0 Å². The van der Waals surface area contributed by atoms with E-state index < -0.39 is 0 Å². The molecule has 0 saturated heterocycles. The minimum Gasteiger partial charge on any atom is -0.238 e. The molecule has 13 heteroatoms. The van der Waals surface area contributed by atoms with Crippen LogP contribution in [-0.4, -0.2) is 18.7 Å². The van der Waals surface area contributed by atoms with E-state index in [1.54, 1.807) is 0 Å². The second kappa shape index (κ2) is 33.5. The summed E-state index contributed by atoms with van der Waals surface area (Å²) >= 11 is 0.